The third-order valence-electron chi connectivity index (χ3n) is 4.53. The van der Waals surface area contributed by atoms with Gasteiger partial charge in [0.1, 0.15) is 6.54 Å². The van der Waals surface area contributed by atoms with Gasteiger partial charge in [-0.2, -0.15) is 0 Å². The lowest BCUT2D eigenvalue weighted by Gasteiger charge is -2.23. The summed E-state index contributed by atoms with van der Waals surface area (Å²) >= 11 is 0. The lowest BCUT2D eigenvalue weighted by Crippen LogP contribution is -2.38. The van der Waals surface area contributed by atoms with Crippen molar-refractivity contribution in [1.29, 1.82) is 0 Å². The number of benzene rings is 2. The predicted molar refractivity (Wildman–Crippen MR) is 116 cm³/mol. The van der Waals surface area contributed by atoms with E-state index in [0.29, 0.717) is 11.3 Å². The lowest BCUT2D eigenvalue weighted by atomic mass is 10.1. The molecular formula is C20H23N3O7S. The number of hydrogen-bond donors (Lipinski definition) is 1. The van der Waals surface area contributed by atoms with Crippen molar-refractivity contribution < 1.29 is 27.7 Å². The molecule has 0 radical (unpaired) electrons. The van der Waals surface area contributed by atoms with Crippen LogP contribution >= 0.6 is 0 Å². The van der Waals surface area contributed by atoms with E-state index in [1.165, 1.54) is 25.1 Å². The summed E-state index contributed by atoms with van der Waals surface area (Å²) in [4.78, 5) is 35.3. The highest BCUT2D eigenvalue weighted by Gasteiger charge is 2.26. The summed E-state index contributed by atoms with van der Waals surface area (Å²) in [5.74, 6) is -1.22. The van der Waals surface area contributed by atoms with Crippen LogP contribution < -0.4 is 9.62 Å². The average Bonchev–Trinajstić information content (AvgIpc) is 2.67. The molecule has 166 valence electrons. The SMILES string of the molecule is CCOC(=O)c1cccc(NC(=O)CN(c2cccc([N+](=O)[O-])c2C)S(C)(=O)=O)c1C. The molecule has 31 heavy (non-hydrogen) atoms. The quantitative estimate of drug-likeness (QED) is 0.372. The van der Waals surface area contributed by atoms with E-state index in [0.717, 1.165) is 10.6 Å². The van der Waals surface area contributed by atoms with Crippen molar-refractivity contribution in [3.8, 4) is 0 Å². The van der Waals surface area contributed by atoms with E-state index in [1.807, 2.05) is 0 Å². The number of rotatable bonds is 8. The molecule has 1 N–H and O–H groups in total. The molecule has 10 nitrogen and oxygen atoms in total. The van der Waals surface area contributed by atoms with Crippen molar-refractivity contribution >= 4 is 39.0 Å². The summed E-state index contributed by atoms with van der Waals surface area (Å²) < 4.78 is 30.5. The van der Waals surface area contributed by atoms with Gasteiger partial charge in [0.15, 0.2) is 0 Å². The molecule has 0 heterocycles. The Kier molecular flexibility index (Phi) is 7.34. The number of anilines is 2. The third kappa shape index (κ3) is 5.57. The first kappa shape index (κ1) is 23.8. The van der Waals surface area contributed by atoms with E-state index >= 15 is 0 Å². The molecular weight excluding hydrogens is 426 g/mol. The van der Waals surface area contributed by atoms with Gasteiger partial charge in [-0.3, -0.25) is 19.2 Å². The molecule has 0 spiro atoms. The van der Waals surface area contributed by atoms with E-state index < -0.39 is 33.4 Å². The Morgan fingerprint density at radius 1 is 1.13 bits per heavy atom. The van der Waals surface area contributed by atoms with Gasteiger partial charge in [0.25, 0.3) is 5.69 Å². The van der Waals surface area contributed by atoms with Gasteiger partial charge in [-0.15, -0.1) is 0 Å². The fraction of sp³-hybridized carbons (Fsp3) is 0.300. The molecule has 2 aromatic carbocycles. The number of carbonyl (C=O) groups is 2. The standard InChI is InChI=1S/C20H23N3O7S/c1-5-30-20(25)15-8-6-9-16(13(15)2)21-19(24)12-22(31(4,28)29)17-10-7-11-18(14(17)3)23(26)27/h6-11H,5,12H2,1-4H3,(H,21,24). The van der Waals surface area contributed by atoms with Crippen LogP contribution in [0.15, 0.2) is 36.4 Å². The molecule has 0 saturated carbocycles. The molecule has 0 aromatic heterocycles. The monoisotopic (exact) mass is 449 g/mol. The number of nitro groups is 1. The maximum Gasteiger partial charge on any atom is 0.338 e. The first-order chi connectivity index (χ1) is 14.5. The highest BCUT2D eigenvalue weighted by Crippen LogP contribution is 2.30. The van der Waals surface area contributed by atoms with E-state index in [4.69, 9.17) is 4.74 Å². The summed E-state index contributed by atoms with van der Waals surface area (Å²) in [7, 11) is -3.93. The third-order valence-corrected chi connectivity index (χ3v) is 5.66. The molecule has 0 saturated heterocycles. The fourth-order valence-electron chi connectivity index (χ4n) is 2.98. The Hall–Kier alpha value is -3.47. The number of esters is 1. The van der Waals surface area contributed by atoms with E-state index in [9.17, 15) is 28.1 Å². The second kappa shape index (κ2) is 9.56. The first-order valence-electron chi connectivity index (χ1n) is 9.25. The van der Waals surface area contributed by atoms with E-state index in [2.05, 4.69) is 5.32 Å². The molecule has 2 rings (SSSR count). The van der Waals surface area contributed by atoms with Crippen LogP contribution in [0.25, 0.3) is 0 Å². The number of nitrogens with zero attached hydrogens (tertiary/aromatic N) is 2. The van der Waals surface area contributed by atoms with E-state index in [1.54, 1.807) is 32.0 Å². The molecule has 0 aliphatic rings. The highest BCUT2D eigenvalue weighted by molar-refractivity contribution is 7.92. The largest absolute Gasteiger partial charge is 0.462 e. The predicted octanol–water partition coefficient (Wildman–Crippen LogP) is 2.79. The minimum absolute atomic E-state index is 0.0313. The Bertz CT molecular complexity index is 1130. The Balaban J connectivity index is 2.35. The minimum Gasteiger partial charge on any atom is -0.462 e. The number of amides is 1. The van der Waals surface area contributed by atoms with Gasteiger partial charge >= 0.3 is 5.97 Å². The van der Waals surface area contributed by atoms with Crippen LogP contribution in [-0.2, 0) is 19.6 Å². The van der Waals surface area contributed by atoms with Crippen LogP contribution in [0.3, 0.4) is 0 Å². The van der Waals surface area contributed by atoms with Gasteiger partial charge in [-0.1, -0.05) is 12.1 Å². The number of sulfonamides is 1. The van der Waals surface area contributed by atoms with Crippen molar-refractivity contribution in [3.05, 3.63) is 63.2 Å². The smallest absolute Gasteiger partial charge is 0.338 e. The van der Waals surface area contributed by atoms with Gasteiger partial charge < -0.3 is 10.1 Å². The average molecular weight is 449 g/mol. The normalized spacial score (nSPS) is 11.0. The summed E-state index contributed by atoms with van der Waals surface area (Å²) in [5, 5.41) is 13.8. The molecule has 0 aliphatic heterocycles. The van der Waals surface area contributed by atoms with E-state index in [-0.39, 0.29) is 29.1 Å². The van der Waals surface area contributed by atoms with Gasteiger partial charge in [0.05, 0.1) is 34.6 Å². The maximum atomic E-state index is 12.7. The molecule has 0 unspecified atom stereocenters. The van der Waals surface area contributed by atoms with Crippen LogP contribution in [0, 0.1) is 24.0 Å². The highest BCUT2D eigenvalue weighted by atomic mass is 32.2. The number of nitrogens with one attached hydrogen (secondary N) is 1. The topological polar surface area (TPSA) is 136 Å². The van der Waals surface area contributed by atoms with Crippen molar-refractivity contribution in [2.24, 2.45) is 0 Å². The second-order valence-corrected chi connectivity index (χ2v) is 8.60. The Labute approximate surface area is 180 Å². The summed E-state index contributed by atoms with van der Waals surface area (Å²) in [6, 6.07) is 8.68. The maximum absolute atomic E-state index is 12.7. The van der Waals surface area contributed by atoms with Gasteiger partial charge in [0, 0.05) is 11.8 Å². The number of hydrogen-bond acceptors (Lipinski definition) is 7. The van der Waals surface area contributed by atoms with Crippen LogP contribution in [0.5, 0.6) is 0 Å². The molecule has 0 fully saturated rings. The molecule has 0 aliphatic carbocycles. The van der Waals surface area contributed by atoms with Gasteiger partial charge in [-0.25, -0.2) is 13.2 Å². The fourth-order valence-corrected chi connectivity index (χ4v) is 3.89. The van der Waals surface area contributed by atoms with Crippen LogP contribution in [0.1, 0.15) is 28.4 Å². The van der Waals surface area contributed by atoms with Crippen LogP contribution in [-0.4, -0.2) is 44.6 Å². The summed E-state index contributed by atoms with van der Waals surface area (Å²) in [6.45, 7) is 4.30. The molecule has 1 amide bonds. The van der Waals surface area contributed by atoms with Crippen LogP contribution in [0.2, 0.25) is 0 Å². The van der Waals surface area contributed by atoms with Crippen LogP contribution in [0.4, 0.5) is 17.1 Å². The zero-order valence-corrected chi connectivity index (χ0v) is 18.4. The molecule has 2 aromatic rings. The van der Waals surface area contributed by atoms with Gasteiger partial charge in [0.2, 0.25) is 15.9 Å². The summed E-state index contributed by atoms with van der Waals surface area (Å²) in [5.41, 5.74) is 0.945. The van der Waals surface area contributed by atoms with Crippen molar-refractivity contribution in [2.45, 2.75) is 20.8 Å². The Morgan fingerprint density at radius 3 is 2.35 bits per heavy atom. The van der Waals surface area contributed by atoms with Crippen molar-refractivity contribution in [2.75, 3.05) is 29.0 Å². The van der Waals surface area contributed by atoms with Gasteiger partial charge in [-0.05, 0) is 44.5 Å². The Morgan fingerprint density at radius 2 is 1.77 bits per heavy atom. The number of carbonyl (C=O) groups excluding carboxylic acids is 2. The summed E-state index contributed by atoms with van der Waals surface area (Å²) in [6.07, 6.45) is 0.908. The number of nitro benzene ring substituents is 1. The first-order valence-corrected chi connectivity index (χ1v) is 11.1. The minimum atomic E-state index is -3.93. The molecule has 11 heteroatoms. The van der Waals surface area contributed by atoms with Crippen molar-refractivity contribution in [3.63, 3.8) is 0 Å². The zero-order valence-electron chi connectivity index (χ0n) is 17.5. The molecule has 0 bridgehead atoms. The lowest BCUT2D eigenvalue weighted by molar-refractivity contribution is -0.385. The molecule has 0 atom stereocenters. The second-order valence-electron chi connectivity index (χ2n) is 6.69. The van der Waals surface area contributed by atoms with Crippen molar-refractivity contribution in [1.82, 2.24) is 0 Å². The zero-order chi connectivity index (χ0) is 23.3. The number of ether oxygens (including phenoxy) is 1.